The van der Waals surface area contributed by atoms with Crippen molar-refractivity contribution in [2.75, 3.05) is 0 Å². The fraction of sp³-hybridized carbons (Fsp3) is 0.231. The molecule has 1 heterocycles. The van der Waals surface area contributed by atoms with Crippen LogP contribution in [0, 0.1) is 13.8 Å². The average Bonchev–Trinajstić information content (AvgIpc) is 2.67. The predicted octanol–water partition coefficient (Wildman–Crippen LogP) is 3.04. The highest BCUT2D eigenvalue weighted by Gasteiger charge is 2.06. The van der Waals surface area contributed by atoms with Gasteiger partial charge in [0.25, 0.3) is 0 Å². The number of carbonyl (C=O) groups is 1. The van der Waals surface area contributed by atoms with Crippen molar-refractivity contribution in [3.05, 3.63) is 45.4 Å². The maximum absolute atomic E-state index is 10.8. The van der Waals surface area contributed by atoms with E-state index in [0.29, 0.717) is 12.4 Å². The predicted molar refractivity (Wildman–Crippen MR) is 69.3 cm³/mol. The summed E-state index contributed by atoms with van der Waals surface area (Å²) >= 11 is 1.59. The van der Waals surface area contributed by atoms with E-state index in [2.05, 4.69) is 4.98 Å². The van der Waals surface area contributed by atoms with Crippen LogP contribution in [0.3, 0.4) is 0 Å². The minimum Gasteiger partial charge on any atom is -0.486 e. The van der Waals surface area contributed by atoms with Crippen LogP contribution in [0.4, 0.5) is 0 Å². The van der Waals surface area contributed by atoms with E-state index in [1.54, 1.807) is 23.5 Å². The molecule has 0 radical (unpaired) electrons. The maximum atomic E-state index is 10.8. The normalized spacial score (nSPS) is 10.3. The largest absolute Gasteiger partial charge is 0.486 e. The molecule has 0 saturated heterocycles. The Balaban J connectivity index is 2.06. The molecule has 1 aromatic heterocycles. The zero-order valence-electron chi connectivity index (χ0n) is 10.1. The molecule has 0 unspecified atom stereocenters. The third-order valence-electron chi connectivity index (χ3n) is 2.52. The quantitative estimate of drug-likeness (QED) is 0.921. The van der Waals surface area contributed by atoms with E-state index in [-0.39, 0.29) is 5.56 Å². The van der Waals surface area contributed by atoms with Crippen LogP contribution in [0.2, 0.25) is 0 Å². The van der Waals surface area contributed by atoms with Crippen molar-refractivity contribution in [1.82, 2.24) is 4.98 Å². The Kier molecular flexibility index (Phi) is 3.62. The minimum absolute atomic E-state index is 0.221. The summed E-state index contributed by atoms with van der Waals surface area (Å²) in [6.07, 6.45) is 0. The number of rotatable bonds is 4. The number of benzene rings is 1. The highest BCUT2D eigenvalue weighted by Crippen LogP contribution is 2.19. The summed E-state index contributed by atoms with van der Waals surface area (Å²) in [6.45, 7) is 4.34. The second kappa shape index (κ2) is 5.18. The smallest absolute Gasteiger partial charge is 0.335 e. The van der Waals surface area contributed by atoms with Gasteiger partial charge in [0.15, 0.2) is 0 Å². The lowest BCUT2D eigenvalue weighted by Crippen LogP contribution is -1.99. The number of aromatic nitrogens is 1. The molecule has 1 N–H and O–H groups in total. The molecule has 0 bridgehead atoms. The van der Waals surface area contributed by atoms with E-state index in [9.17, 15) is 4.79 Å². The molecule has 4 nitrogen and oxygen atoms in total. The molecule has 2 aromatic rings. The van der Waals surface area contributed by atoms with E-state index < -0.39 is 5.97 Å². The Morgan fingerprint density at radius 3 is 2.83 bits per heavy atom. The van der Waals surface area contributed by atoms with E-state index >= 15 is 0 Å². The van der Waals surface area contributed by atoms with Gasteiger partial charge < -0.3 is 9.84 Å². The molecule has 94 valence electrons. The number of aryl methyl sites for hydroxylation is 2. The first-order valence-electron chi connectivity index (χ1n) is 5.45. The lowest BCUT2D eigenvalue weighted by molar-refractivity contribution is 0.0696. The summed E-state index contributed by atoms with van der Waals surface area (Å²) < 4.78 is 5.54. The van der Waals surface area contributed by atoms with Crippen LogP contribution in [-0.2, 0) is 6.61 Å². The number of carboxylic acids is 1. The molecule has 0 saturated carbocycles. The van der Waals surface area contributed by atoms with Gasteiger partial charge in [-0.3, -0.25) is 0 Å². The Morgan fingerprint density at radius 1 is 1.44 bits per heavy atom. The van der Waals surface area contributed by atoms with E-state index in [4.69, 9.17) is 9.84 Å². The molecule has 18 heavy (non-hydrogen) atoms. The first kappa shape index (κ1) is 12.6. The zero-order chi connectivity index (χ0) is 13.1. The van der Waals surface area contributed by atoms with Gasteiger partial charge in [-0.15, -0.1) is 11.3 Å². The lowest BCUT2D eigenvalue weighted by atomic mass is 10.2. The van der Waals surface area contributed by atoms with Gasteiger partial charge in [0.05, 0.1) is 11.3 Å². The van der Waals surface area contributed by atoms with Gasteiger partial charge in [-0.05, 0) is 32.0 Å². The van der Waals surface area contributed by atoms with E-state index in [1.165, 1.54) is 17.0 Å². The van der Waals surface area contributed by atoms with Crippen LogP contribution < -0.4 is 4.74 Å². The molecule has 5 heteroatoms. The van der Waals surface area contributed by atoms with Crippen LogP contribution in [0.5, 0.6) is 5.75 Å². The topological polar surface area (TPSA) is 59.4 Å². The van der Waals surface area contributed by atoms with E-state index in [0.717, 1.165) is 10.7 Å². The third kappa shape index (κ3) is 2.87. The van der Waals surface area contributed by atoms with Crippen LogP contribution >= 0.6 is 11.3 Å². The summed E-state index contributed by atoms with van der Waals surface area (Å²) in [6, 6.07) is 6.44. The van der Waals surface area contributed by atoms with Gasteiger partial charge in [-0.25, -0.2) is 9.78 Å². The van der Waals surface area contributed by atoms with Crippen molar-refractivity contribution in [2.45, 2.75) is 20.5 Å². The zero-order valence-corrected chi connectivity index (χ0v) is 11.0. The Labute approximate surface area is 109 Å². The van der Waals surface area contributed by atoms with Crippen molar-refractivity contribution in [2.24, 2.45) is 0 Å². The Hall–Kier alpha value is -1.88. The molecule has 0 aliphatic heterocycles. The maximum Gasteiger partial charge on any atom is 0.335 e. The van der Waals surface area contributed by atoms with Crippen molar-refractivity contribution in [3.63, 3.8) is 0 Å². The number of hydrogen-bond donors (Lipinski definition) is 1. The third-order valence-corrected chi connectivity index (χ3v) is 3.56. The van der Waals surface area contributed by atoms with Crippen molar-refractivity contribution in [1.29, 1.82) is 0 Å². The van der Waals surface area contributed by atoms with Gasteiger partial charge in [-0.1, -0.05) is 6.07 Å². The van der Waals surface area contributed by atoms with Crippen LogP contribution in [0.15, 0.2) is 24.3 Å². The molecule has 0 aliphatic rings. The molecular formula is C13H13NO3S. The molecule has 0 amide bonds. The van der Waals surface area contributed by atoms with Gasteiger partial charge in [0, 0.05) is 4.88 Å². The summed E-state index contributed by atoms with van der Waals surface area (Å²) in [5.74, 6) is -0.415. The summed E-state index contributed by atoms with van der Waals surface area (Å²) in [7, 11) is 0. The van der Waals surface area contributed by atoms with Crippen LogP contribution in [-0.4, -0.2) is 16.1 Å². The summed E-state index contributed by atoms with van der Waals surface area (Å²) in [5.41, 5.74) is 1.23. The number of aromatic carboxylic acids is 1. The van der Waals surface area contributed by atoms with Crippen molar-refractivity contribution < 1.29 is 14.6 Å². The number of thiazole rings is 1. The SMILES string of the molecule is Cc1nc(COc2cccc(C(=O)O)c2)sc1C. The minimum atomic E-state index is -0.957. The molecule has 2 rings (SSSR count). The molecule has 0 spiro atoms. The second-order valence-corrected chi connectivity index (χ2v) is 5.16. The number of carboxylic acid groups (broad SMARTS) is 1. The van der Waals surface area contributed by atoms with Crippen LogP contribution in [0.25, 0.3) is 0 Å². The molecule has 0 atom stereocenters. The summed E-state index contributed by atoms with van der Waals surface area (Å²) in [4.78, 5) is 16.3. The van der Waals surface area contributed by atoms with Crippen molar-refractivity contribution >= 4 is 17.3 Å². The Morgan fingerprint density at radius 2 is 2.22 bits per heavy atom. The molecule has 1 aromatic carbocycles. The highest BCUT2D eigenvalue weighted by atomic mass is 32.1. The van der Waals surface area contributed by atoms with Crippen molar-refractivity contribution in [3.8, 4) is 5.75 Å². The van der Waals surface area contributed by atoms with Crippen LogP contribution in [0.1, 0.15) is 25.9 Å². The fourth-order valence-electron chi connectivity index (χ4n) is 1.46. The lowest BCUT2D eigenvalue weighted by Gasteiger charge is -2.04. The molecule has 0 fully saturated rings. The second-order valence-electron chi connectivity index (χ2n) is 3.87. The van der Waals surface area contributed by atoms with Gasteiger partial charge in [-0.2, -0.15) is 0 Å². The first-order valence-corrected chi connectivity index (χ1v) is 6.27. The van der Waals surface area contributed by atoms with Gasteiger partial charge in [0.2, 0.25) is 0 Å². The number of hydrogen-bond acceptors (Lipinski definition) is 4. The monoisotopic (exact) mass is 263 g/mol. The van der Waals surface area contributed by atoms with E-state index in [1.807, 2.05) is 13.8 Å². The first-order chi connectivity index (χ1) is 8.56. The standard InChI is InChI=1S/C13H13NO3S/c1-8-9(2)18-12(14-8)7-17-11-5-3-4-10(6-11)13(15)16/h3-6H,7H2,1-2H3,(H,15,16). The average molecular weight is 263 g/mol. The van der Waals surface area contributed by atoms with Gasteiger partial charge >= 0.3 is 5.97 Å². The summed E-state index contributed by atoms with van der Waals surface area (Å²) in [5, 5.41) is 9.76. The molecule has 0 aliphatic carbocycles. The molecular weight excluding hydrogens is 250 g/mol. The highest BCUT2D eigenvalue weighted by molar-refractivity contribution is 7.11. The Bertz CT molecular complexity index is 558. The number of nitrogens with zero attached hydrogens (tertiary/aromatic N) is 1. The number of ether oxygens (including phenoxy) is 1. The van der Waals surface area contributed by atoms with Gasteiger partial charge in [0.1, 0.15) is 17.4 Å². The fourth-order valence-corrected chi connectivity index (χ4v) is 2.31.